The van der Waals surface area contributed by atoms with Gasteiger partial charge in [-0.15, -0.1) is 24.0 Å². The third kappa shape index (κ3) is 6.85. The van der Waals surface area contributed by atoms with Gasteiger partial charge in [-0.25, -0.2) is 14.7 Å². The molecule has 6 nitrogen and oxygen atoms in total. The van der Waals surface area contributed by atoms with E-state index in [9.17, 15) is 0 Å². The lowest BCUT2D eigenvalue weighted by molar-refractivity contribution is 0.699. The van der Waals surface area contributed by atoms with Crippen molar-refractivity contribution in [2.24, 2.45) is 4.99 Å². The Morgan fingerprint density at radius 1 is 1.14 bits per heavy atom. The molecule has 0 radical (unpaired) electrons. The topological polar surface area (TPSA) is 67.1 Å². The summed E-state index contributed by atoms with van der Waals surface area (Å²) in [5, 5.41) is 11.0. The number of nitrogens with zero attached hydrogens (tertiary/aromatic N) is 4. The first-order valence-corrected chi connectivity index (χ1v) is 9.69. The number of aromatic nitrogens is 3. The van der Waals surface area contributed by atoms with Crippen molar-refractivity contribution in [1.82, 2.24) is 25.4 Å². The molecule has 7 heteroatoms. The van der Waals surface area contributed by atoms with Gasteiger partial charge in [0.25, 0.3) is 0 Å². The zero-order valence-corrected chi connectivity index (χ0v) is 19.5. The number of hydrogen-bond donors (Lipinski definition) is 2. The molecule has 29 heavy (non-hydrogen) atoms. The van der Waals surface area contributed by atoms with Crippen LogP contribution in [0.5, 0.6) is 0 Å². The molecule has 3 rings (SSSR count). The van der Waals surface area contributed by atoms with E-state index in [0.717, 1.165) is 30.4 Å². The van der Waals surface area contributed by atoms with Crippen molar-refractivity contribution in [2.45, 2.75) is 33.2 Å². The second kappa shape index (κ2) is 11.5. The first-order valence-electron chi connectivity index (χ1n) is 9.69. The van der Waals surface area contributed by atoms with Crippen LogP contribution >= 0.6 is 24.0 Å². The molecule has 154 valence electrons. The van der Waals surface area contributed by atoms with E-state index >= 15 is 0 Å². The molecule has 0 saturated heterocycles. The fourth-order valence-electron chi connectivity index (χ4n) is 2.86. The van der Waals surface area contributed by atoms with E-state index in [1.807, 2.05) is 24.4 Å². The summed E-state index contributed by atoms with van der Waals surface area (Å²) < 4.78 is 1.75. The van der Waals surface area contributed by atoms with Gasteiger partial charge in [-0.3, -0.25) is 0 Å². The van der Waals surface area contributed by atoms with Gasteiger partial charge >= 0.3 is 0 Å². The molecule has 2 aromatic heterocycles. The standard InChI is InChI=1S/C22H28N6.HI/c1-4-23-22(25-15-18(3)20-8-6-17(2)7-9-20)26-16-19-10-12-24-21(14-19)28-13-5-11-27-28;/h5-14,18H,4,15-16H2,1-3H3,(H2,23,25,26);1H. The average molecular weight is 504 g/mol. The summed E-state index contributed by atoms with van der Waals surface area (Å²) in [7, 11) is 0. The predicted molar refractivity (Wildman–Crippen MR) is 129 cm³/mol. The average Bonchev–Trinajstić information content (AvgIpc) is 3.25. The first-order chi connectivity index (χ1) is 13.7. The Kier molecular flexibility index (Phi) is 9.11. The van der Waals surface area contributed by atoms with Crippen LogP contribution in [-0.2, 0) is 6.54 Å². The minimum Gasteiger partial charge on any atom is -0.357 e. The molecule has 1 atom stereocenters. The van der Waals surface area contributed by atoms with Crippen molar-refractivity contribution in [3.8, 4) is 5.82 Å². The zero-order valence-electron chi connectivity index (χ0n) is 17.2. The SMILES string of the molecule is CCNC(=NCc1ccnc(-n2cccn2)c1)NCC(C)c1ccc(C)cc1.I. The van der Waals surface area contributed by atoms with Crippen LogP contribution in [0.2, 0.25) is 0 Å². The van der Waals surface area contributed by atoms with Gasteiger partial charge in [-0.1, -0.05) is 36.8 Å². The van der Waals surface area contributed by atoms with Crippen LogP contribution in [0.15, 0.2) is 66.0 Å². The highest BCUT2D eigenvalue weighted by Gasteiger charge is 2.07. The van der Waals surface area contributed by atoms with E-state index in [4.69, 9.17) is 4.99 Å². The highest BCUT2D eigenvalue weighted by molar-refractivity contribution is 14.0. The van der Waals surface area contributed by atoms with E-state index in [1.165, 1.54) is 11.1 Å². The van der Waals surface area contributed by atoms with Gasteiger partial charge in [-0.05, 0) is 49.1 Å². The van der Waals surface area contributed by atoms with Crippen molar-refractivity contribution in [1.29, 1.82) is 0 Å². The summed E-state index contributed by atoms with van der Waals surface area (Å²) in [6.07, 6.45) is 5.42. The summed E-state index contributed by atoms with van der Waals surface area (Å²) in [6.45, 7) is 8.62. The molecule has 0 aliphatic carbocycles. The molecule has 0 saturated carbocycles. The monoisotopic (exact) mass is 504 g/mol. The molecule has 0 aliphatic heterocycles. The number of nitrogens with one attached hydrogen (secondary N) is 2. The molecule has 2 N–H and O–H groups in total. The largest absolute Gasteiger partial charge is 0.357 e. The zero-order chi connectivity index (χ0) is 19.8. The lowest BCUT2D eigenvalue weighted by atomic mass is 10.0. The summed E-state index contributed by atoms with van der Waals surface area (Å²) >= 11 is 0. The van der Waals surface area contributed by atoms with Gasteiger partial charge in [0, 0.05) is 31.7 Å². The number of aryl methyl sites for hydroxylation is 1. The minimum atomic E-state index is 0. The molecule has 1 aromatic carbocycles. The first kappa shape index (κ1) is 22.9. The van der Waals surface area contributed by atoms with Gasteiger partial charge in [0.2, 0.25) is 0 Å². The Balaban J connectivity index is 0.00000300. The van der Waals surface area contributed by atoms with Gasteiger partial charge in [-0.2, -0.15) is 5.10 Å². The van der Waals surface area contributed by atoms with Crippen molar-refractivity contribution in [3.63, 3.8) is 0 Å². The molecule has 0 bridgehead atoms. The fourth-order valence-corrected chi connectivity index (χ4v) is 2.86. The highest BCUT2D eigenvalue weighted by atomic mass is 127. The molecule has 2 heterocycles. The Hall–Kier alpha value is -2.42. The maximum absolute atomic E-state index is 4.72. The molecular weight excluding hydrogens is 475 g/mol. The molecular formula is C22H29IN6. The number of guanidine groups is 1. The van der Waals surface area contributed by atoms with Crippen LogP contribution in [0, 0.1) is 6.92 Å². The van der Waals surface area contributed by atoms with E-state index in [0.29, 0.717) is 12.5 Å². The van der Waals surface area contributed by atoms with Gasteiger partial charge in [0.15, 0.2) is 11.8 Å². The lowest BCUT2D eigenvalue weighted by Crippen LogP contribution is -2.39. The molecule has 0 amide bonds. The summed E-state index contributed by atoms with van der Waals surface area (Å²) in [6, 6.07) is 14.6. The van der Waals surface area contributed by atoms with Crippen LogP contribution in [0.4, 0.5) is 0 Å². The number of halogens is 1. The summed E-state index contributed by atoms with van der Waals surface area (Å²) in [5.74, 6) is 2.01. The van der Waals surface area contributed by atoms with Crippen LogP contribution in [0.1, 0.15) is 36.5 Å². The molecule has 0 aliphatic rings. The van der Waals surface area contributed by atoms with Gasteiger partial charge < -0.3 is 10.6 Å². The van der Waals surface area contributed by atoms with Gasteiger partial charge in [0.1, 0.15) is 0 Å². The maximum atomic E-state index is 4.72. The number of hydrogen-bond acceptors (Lipinski definition) is 3. The van der Waals surface area contributed by atoms with Crippen LogP contribution in [0.3, 0.4) is 0 Å². The van der Waals surface area contributed by atoms with E-state index in [1.54, 1.807) is 17.1 Å². The number of pyridine rings is 1. The molecule has 3 aromatic rings. The second-order valence-electron chi connectivity index (χ2n) is 6.86. The predicted octanol–water partition coefficient (Wildman–Crippen LogP) is 4.05. The molecule has 0 spiro atoms. The number of benzene rings is 1. The van der Waals surface area contributed by atoms with Crippen LogP contribution in [-0.4, -0.2) is 33.8 Å². The Labute approximate surface area is 189 Å². The van der Waals surface area contributed by atoms with Crippen molar-refractivity contribution < 1.29 is 0 Å². The molecule has 0 fully saturated rings. The van der Waals surface area contributed by atoms with Crippen LogP contribution in [0.25, 0.3) is 5.82 Å². The Morgan fingerprint density at radius 3 is 2.62 bits per heavy atom. The van der Waals surface area contributed by atoms with Gasteiger partial charge in [0.05, 0.1) is 6.54 Å². The van der Waals surface area contributed by atoms with E-state index < -0.39 is 0 Å². The lowest BCUT2D eigenvalue weighted by Gasteiger charge is -2.16. The fraction of sp³-hybridized carbons (Fsp3) is 0.318. The van der Waals surface area contributed by atoms with Crippen molar-refractivity contribution in [2.75, 3.05) is 13.1 Å². The quantitative estimate of drug-likeness (QED) is 0.290. The Morgan fingerprint density at radius 2 is 1.93 bits per heavy atom. The second-order valence-corrected chi connectivity index (χ2v) is 6.86. The van der Waals surface area contributed by atoms with Crippen molar-refractivity contribution in [3.05, 3.63) is 77.7 Å². The van der Waals surface area contributed by atoms with E-state index in [-0.39, 0.29) is 24.0 Å². The normalized spacial score (nSPS) is 12.2. The van der Waals surface area contributed by atoms with Crippen LogP contribution < -0.4 is 10.6 Å². The molecule has 1 unspecified atom stereocenters. The number of aliphatic imine (C=N–C) groups is 1. The third-order valence-corrected chi connectivity index (χ3v) is 4.54. The maximum Gasteiger partial charge on any atom is 0.191 e. The van der Waals surface area contributed by atoms with Crippen molar-refractivity contribution >= 4 is 29.9 Å². The highest BCUT2D eigenvalue weighted by Crippen LogP contribution is 2.14. The third-order valence-electron chi connectivity index (χ3n) is 4.54. The smallest absolute Gasteiger partial charge is 0.191 e. The summed E-state index contributed by atoms with van der Waals surface area (Å²) in [4.78, 5) is 9.09. The number of rotatable bonds is 7. The van der Waals surface area contributed by atoms with E-state index in [2.05, 4.69) is 65.8 Å². The Bertz CT molecular complexity index is 890. The summed E-state index contributed by atoms with van der Waals surface area (Å²) in [5.41, 5.74) is 3.70. The minimum absolute atomic E-state index is 0.